The van der Waals surface area contributed by atoms with Crippen LogP contribution in [-0.4, -0.2) is 42.8 Å². The summed E-state index contributed by atoms with van der Waals surface area (Å²) >= 11 is 0. The number of nitrogens with one attached hydrogen (secondary N) is 1. The van der Waals surface area contributed by atoms with Crippen molar-refractivity contribution < 1.29 is 14.7 Å². The van der Waals surface area contributed by atoms with Crippen molar-refractivity contribution in [1.29, 1.82) is 0 Å². The summed E-state index contributed by atoms with van der Waals surface area (Å²) in [5.74, 6) is -0.508. The number of ketones is 1. The van der Waals surface area contributed by atoms with Crippen molar-refractivity contribution in [3.8, 4) is 0 Å². The first-order valence-corrected chi connectivity index (χ1v) is 13.3. The number of carbonyl (C=O) groups excluding carboxylic acids is 2. The first-order valence-electron chi connectivity index (χ1n) is 13.3. The lowest BCUT2D eigenvalue weighted by atomic mass is 9.78. The number of allylic oxidation sites excluding steroid dienone is 2. The Morgan fingerprint density at radius 2 is 1.58 bits per heavy atom. The average molecular weight is 497 g/mol. The van der Waals surface area contributed by atoms with Gasteiger partial charge in [0.05, 0.1) is 39.1 Å². The molecule has 36 heavy (non-hydrogen) atoms. The minimum atomic E-state index is -0.567. The Hall–Kier alpha value is -2.90. The molecule has 8 heteroatoms. The molecule has 0 bridgehead atoms. The molecular formula is C28H40N4O4. The lowest BCUT2D eigenvalue weighted by Gasteiger charge is -2.28. The zero-order chi connectivity index (χ0) is 26.6. The molecule has 3 aliphatic rings. The molecule has 1 amide bonds. The fourth-order valence-corrected chi connectivity index (χ4v) is 5.48. The first-order chi connectivity index (χ1) is 16.8. The van der Waals surface area contributed by atoms with Gasteiger partial charge in [0.2, 0.25) is 5.78 Å². The molecule has 4 rings (SSSR count). The number of hydrogen-bond acceptors (Lipinski definition) is 5. The molecule has 0 aromatic carbocycles. The van der Waals surface area contributed by atoms with E-state index in [4.69, 9.17) is 0 Å². The summed E-state index contributed by atoms with van der Waals surface area (Å²) in [7, 11) is 0. The van der Waals surface area contributed by atoms with E-state index in [0.29, 0.717) is 30.2 Å². The van der Waals surface area contributed by atoms with Gasteiger partial charge in [-0.15, -0.1) is 0 Å². The number of amides is 1. The van der Waals surface area contributed by atoms with E-state index in [2.05, 4.69) is 10.2 Å². The maximum atomic E-state index is 13.6. The number of carbonyl (C=O) groups is 2. The van der Waals surface area contributed by atoms with Crippen molar-refractivity contribution in [2.45, 2.75) is 111 Å². The summed E-state index contributed by atoms with van der Waals surface area (Å²) in [6.45, 7) is 13.4. The molecule has 0 spiro atoms. The Morgan fingerprint density at radius 3 is 2.11 bits per heavy atom. The molecule has 1 aromatic heterocycles. The second kappa shape index (κ2) is 9.20. The number of aromatic amines is 1. The number of aliphatic hydroxyl groups is 1. The van der Waals surface area contributed by atoms with E-state index in [-0.39, 0.29) is 39.5 Å². The highest BCUT2D eigenvalue weighted by molar-refractivity contribution is 6.44. The molecule has 1 aliphatic heterocycles. The van der Waals surface area contributed by atoms with Crippen molar-refractivity contribution >= 4 is 23.0 Å². The summed E-state index contributed by atoms with van der Waals surface area (Å²) in [6, 6.07) is 0. The Morgan fingerprint density at radius 1 is 0.944 bits per heavy atom. The summed E-state index contributed by atoms with van der Waals surface area (Å²) in [5, 5.41) is 20.4. The number of hydrazone groups is 1. The van der Waals surface area contributed by atoms with Gasteiger partial charge in [0.1, 0.15) is 5.76 Å². The molecular weight excluding hydrogens is 456 g/mol. The maximum Gasteiger partial charge on any atom is 0.277 e. The van der Waals surface area contributed by atoms with E-state index in [0.717, 1.165) is 12.8 Å². The molecule has 2 heterocycles. The lowest BCUT2D eigenvalue weighted by Crippen LogP contribution is -2.40. The molecule has 2 aliphatic carbocycles. The van der Waals surface area contributed by atoms with Gasteiger partial charge in [0, 0.05) is 5.69 Å². The smallest absolute Gasteiger partial charge is 0.277 e. The fourth-order valence-electron chi connectivity index (χ4n) is 5.48. The summed E-state index contributed by atoms with van der Waals surface area (Å²) in [4.78, 5) is 40.4. The molecule has 1 fully saturated rings. The summed E-state index contributed by atoms with van der Waals surface area (Å²) in [5.41, 5.74) is 0.165. The van der Waals surface area contributed by atoms with Crippen molar-refractivity contribution in [2.75, 3.05) is 0 Å². The number of aliphatic hydroxyl groups excluding tert-OH is 1. The van der Waals surface area contributed by atoms with Crippen LogP contribution in [0.25, 0.3) is 5.57 Å². The van der Waals surface area contributed by atoms with Crippen LogP contribution in [-0.2, 0) is 21.5 Å². The number of hydrogen-bond donors (Lipinski definition) is 2. The Labute approximate surface area is 213 Å². The number of rotatable bonds is 6. The van der Waals surface area contributed by atoms with Crippen LogP contribution >= 0.6 is 0 Å². The van der Waals surface area contributed by atoms with Gasteiger partial charge < -0.3 is 5.11 Å². The van der Waals surface area contributed by atoms with Crippen molar-refractivity contribution in [1.82, 2.24) is 14.8 Å². The van der Waals surface area contributed by atoms with Crippen LogP contribution in [0.4, 0.5) is 0 Å². The van der Waals surface area contributed by atoms with Gasteiger partial charge in [-0.25, -0.2) is 9.69 Å². The van der Waals surface area contributed by atoms with Crippen LogP contribution < -0.4 is 5.56 Å². The third-order valence-electron chi connectivity index (χ3n) is 7.38. The zero-order valence-electron chi connectivity index (χ0n) is 22.7. The van der Waals surface area contributed by atoms with Crippen LogP contribution in [0.2, 0.25) is 0 Å². The quantitative estimate of drug-likeness (QED) is 0.540. The molecule has 0 radical (unpaired) electrons. The minimum Gasteiger partial charge on any atom is -0.506 e. The number of nitrogens with zero attached hydrogens (tertiary/aromatic N) is 3. The molecule has 196 valence electrons. The van der Waals surface area contributed by atoms with Crippen LogP contribution in [0.1, 0.15) is 105 Å². The highest BCUT2D eigenvalue weighted by atomic mass is 16.3. The first kappa shape index (κ1) is 26.2. The second-order valence-corrected chi connectivity index (χ2v) is 12.4. The Kier molecular flexibility index (Phi) is 6.69. The summed E-state index contributed by atoms with van der Waals surface area (Å²) < 4.78 is 1.50. The van der Waals surface area contributed by atoms with Crippen LogP contribution in [0.5, 0.6) is 0 Å². The van der Waals surface area contributed by atoms with Gasteiger partial charge in [0.25, 0.3) is 11.5 Å². The van der Waals surface area contributed by atoms with Gasteiger partial charge in [-0.1, -0.05) is 39.0 Å². The molecule has 8 nitrogen and oxygen atoms in total. The SMILES string of the molecule is CCCc1[nH]n(C(C)(C)C)c(=O)c1C1=C(O)/C(=C2\C(=O)N(C(C)(C)C)N=C2CCC2CCCC2)C1=O. The van der Waals surface area contributed by atoms with Crippen LogP contribution in [0.15, 0.2) is 26.8 Å². The highest BCUT2D eigenvalue weighted by Crippen LogP contribution is 2.42. The van der Waals surface area contributed by atoms with E-state index in [9.17, 15) is 19.5 Å². The fraction of sp³-hybridized carbons (Fsp3) is 0.643. The summed E-state index contributed by atoms with van der Waals surface area (Å²) in [6.07, 6.45) is 7.63. The molecule has 0 unspecified atom stereocenters. The topological polar surface area (TPSA) is 108 Å². The third-order valence-corrected chi connectivity index (χ3v) is 7.38. The molecule has 0 saturated heterocycles. The standard InChI is InChI=1S/C28H40N4O4/c1-8-11-17-19(25(35)31(29-17)27(2,3)4)21-23(33)22(24(21)34)20-18(15-14-16-12-9-10-13-16)30-32(26(20)36)28(5,6)7/h16,29,33H,8-15H2,1-7H3/b22-20+. The molecule has 0 atom stereocenters. The normalized spacial score (nSPS) is 21.6. The van der Waals surface area contributed by atoms with Crippen molar-refractivity contribution in [2.24, 2.45) is 11.0 Å². The Balaban J connectivity index is 1.81. The van der Waals surface area contributed by atoms with Gasteiger partial charge in [0.15, 0.2) is 0 Å². The van der Waals surface area contributed by atoms with Gasteiger partial charge >= 0.3 is 0 Å². The second-order valence-electron chi connectivity index (χ2n) is 12.4. The number of H-pyrrole nitrogens is 1. The minimum absolute atomic E-state index is 0.00218. The predicted molar refractivity (Wildman–Crippen MR) is 141 cm³/mol. The number of aromatic nitrogens is 2. The lowest BCUT2D eigenvalue weighted by molar-refractivity contribution is -0.130. The van der Waals surface area contributed by atoms with E-state index in [1.54, 1.807) is 0 Å². The largest absolute Gasteiger partial charge is 0.506 e. The van der Waals surface area contributed by atoms with Gasteiger partial charge in [-0.3, -0.25) is 19.5 Å². The average Bonchev–Trinajstić information content (AvgIpc) is 3.48. The predicted octanol–water partition coefficient (Wildman–Crippen LogP) is 5.00. The molecule has 2 N–H and O–H groups in total. The van der Waals surface area contributed by atoms with Crippen LogP contribution in [0, 0.1) is 5.92 Å². The molecule has 1 saturated carbocycles. The number of Topliss-reactive ketones (excluding diaryl/α,β-unsaturated/α-hetero) is 1. The number of aryl methyl sites for hydroxylation is 1. The van der Waals surface area contributed by atoms with E-state index >= 15 is 0 Å². The van der Waals surface area contributed by atoms with E-state index in [1.807, 2.05) is 48.5 Å². The van der Waals surface area contributed by atoms with Gasteiger partial charge in [-0.2, -0.15) is 5.10 Å². The van der Waals surface area contributed by atoms with E-state index < -0.39 is 16.9 Å². The third kappa shape index (κ3) is 4.39. The zero-order valence-corrected chi connectivity index (χ0v) is 22.7. The maximum absolute atomic E-state index is 13.6. The van der Waals surface area contributed by atoms with Crippen LogP contribution in [0.3, 0.4) is 0 Å². The monoisotopic (exact) mass is 496 g/mol. The molecule has 1 aromatic rings. The van der Waals surface area contributed by atoms with E-state index in [1.165, 1.54) is 35.4 Å². The van der Waals surface area contributed by atoms with Gasteiger partial charge in [-0.05, 0) is 66.7 Å². The van der Waals surface area contributed by atoms with Crippen molar-refractivity contribution in [3.63, 3.8) is 0 Å². The Bertz CT molecular complexity index is 1240. The highest BCUT2D eigenvalue weighted by Gasteiger charge is 2.47. The van der Waals surface area contributed by atoms with Crippen molar-refractivity contribution in [3.05, 3.63) is 38.5 Å².